The van der Waals surface area contributed by atoms with E-state index in [1.54, 1.807) is 6.07 Å². The van der Waals surface area contributed by atoms with Crippen LogP contribution in [-0.2, 0) is 11.3 Å². The number of aryl methyl sites for hydroxylation is 2. The van der Waals surface area contributed by atoms with Crippen LogP contribution >= 0.6 is 11.6 Å². The lowest BCUT2D eigenvalue weighted by Crippen LogP contribution is -2.23. The average molecular weight is 330 g/mol. The molecule has 0 spiro atoms. The number of carbonyl (C=O) groups excluding carboxylic acids is 2. The lowest BCUT2D eigenvalue weighted by molar-refractivity contribution is -0.121. The summed E-state index contributed by atoms with van der Waals surface area (Å²) in [5.74, 6) is -0.145. The lowest BCUT2D eigenvalue weighted by atomic mass is 10.0. The fourth-order valence-electron chi connectivity index (χ4n) is 2.22. The van der Waals surface area contributed by atoms with Crippen LogP contribution in [0, 0.1) is 13.8 Å². The maximum absolute atomic E-state index is 12.1. The van der Waals surface area contributed by atoms with Gasteiger partial charge in [-0.05, 0) is 48.7 Å². The number of amides is 1. The summed E-state index contributed by atoms with van der Waals surface area (Å²) in [6.45, 7) is 4.40. The lowest BCUT2D eigenvalue weighted by Gasteiger charge is -2.07. The molecule has 2 aromatic rings. The number of hydrogen-bond donors (Lipinski definition) is 1. The zero-order chi connectivity index (χ0) is 16.8. The Morgan fingerprint density at radius 3 is 2.48 bits per heavy atom. The molecule has 23 heavy (non-hydrogen) atoms. The van der Waals surface area contributed by atoms with Gasteiger partial charge in [-0.25, -0.2) is 0 Å². The van der Waals surface area contributed by atoms with Crippen LogP contribution in [0.3, 0.4) is 0 Å². The highest BCUT2D eigenvalue weighted by atomic mass is 35.5. The molecule has 120 valence electrons. The first-order valence-corrected chi connectivity index (χ1v) is 7.95. The monoisotopic (exact) mass is 329 g/mol. The number of carbonyl (C=O) groups is 2. The van der Waals surface area contributed by atoms with E-state index in [2.05, 4.69) is 5.32 Å². The SMILES string of the molecule is Cc1ccc(C(=O)CCC(=O)NCc2cccc(Cl)c2)cc1C. The van der Waals surface area contributed by atoms with Crippen LogP contribution < -0.4 is 5.32 Å². The van der Waals surface area contributed by atoms with E-state index in [9.17, 15) is 9.59 Å². The number of benzene rings is 2. The van der Waals surface area contributed by atoms with Crippen LogP contribution in [0.15, 0.2) is 42.5 Å². The van der Waals surface area contributed by atoms with Gasteiger partial charge in [0.2, 0.25) is 5.91 Å². The second kappa shape index (κ2) is 7.93. The van der Waals surface area contributed by atoms with E-state index in [0.717, 1.165) is 16.7 Å². The Morgan fingerprint density at radius 2 is 1.78 bits per heavy atom. The van der Waals surface area contributed by atoms with Gasteiger partial charge in [-0.15, -0.1) is 0 Å². The van der Waals surface area contributed by atoms with Gasteiger partial charge in [0, 0.05) is 30.0 Å². The third-order valence-corrected chi connectivity index (χ3v) is 4.02. The molecule has 1 amide bonds. The summed E-state index contributed by atoms with van der Waals surface area (Å²) in [6.07, 6.45) is 0.399. The number of rotatable bonds is 6. The fraction of sp³-hybridized carbons (Fsp3) is 0.263. The third kappa shape index (κ3) is 5.22. The normalized spacial score (nSPS) is 10.4. The summed E-state index contributed by atoms with van der Waals surface area (Å²) in [4.78, 5) is 24.0. The molecule has 0 saturated carbocycles. The van der Waals surface area contributed by atoms with Crippen molar-refractivity contribution >= 4 is 23.3 Å². The van der Waals surface area contributed by atoms with E-state index in [0.29, 0.717) is 17.1 Å². The van der Waals surface area contributed by atoms with Crippen molar-refractivity contribution in [3.63, 3.8) is 0 Å². The largest absolute Gasteiger partial charge is 0.352 e. The van der Waals surface area contributed by atoms with Crippen molar-refractivity contribution in [3.8, 4) is 0 Å². The fourth-order valence-corrected chi connectivity index (χ4v) is 2.44. The van der Waals surface area contributed by atoms with E-state index in [4.69, 9.17) is 11.6 Å². The predicted octanol–water partition coefficient (Wildman–Crippen LogP) is 4.24. The van der Waals surface area contributed by atoms with E-state index in [-0.39, 0.29) is 24.5 Å². The average Bonchev–Trinajstić information content (AvgIpc) is 2.53. The van der Waals surface area contributed by atoms with Gasteiger partial charge in [-0.2, -0.15) is 0 Å². The summed E-state index contributed by atoms with van der Waals surface area (Å²) < 4.78 is 0. The van der Waals surface area contributed by atoms with E-state index < -0.39 is 0 Å². The van der Waals surface area contributed by atoms with Crippen LogP contribution in [0.5, 0.6) is 0 Å². The summed E-state index contributed by atoms with van der Waals surface area (Å²) in [6, 6.07) is 13.0. The van der Waals surface area contributed by atoms with E-state index >= 15 is 0 Å². The number of Topliss-reactive ketones (excluding diaryl/α,β-unsaturated/α-hetero) is 1. The molecule has 1 N–H and O–H groups in total. The first-order valence-electron chi connectivity index (χ1n) is 7.57. The highest BCUT2D eigenvalue weighted by Crippen LogP contribution is 2.13. The molecule has 2 aromatic carbocycles. The van der Waals surface area contributed by atoms with Crippen molar-refractivity contribution in [2.45, 2.75) is 33.2 Å². The Balaban J connectivity index is 1.81. The summed E-state index contributed by atoms with van der Waals surface area (Å²) in [7, 11) is 0. The van der Waals surface area contributed by atoms with Gasteiger partial charge in [0.1, 0.15) is 0 Å². The molecule has 4 heteroatoms. The zero-order valence-corrected chi connectivity index (χ0v) is 14.1. The van der Waals surface area contributed by atoms with Gasteiger partial charge in [-0.1, -0.05) is 35.9 Å². The molecule has 0 aliphatic carbocycles. The third-order valence-electron chi connectivity index (χ3n) is 3.79. The van der Waals surface area contributed by atoms with E-state index in [1.807, 2.05) is 50.2 Å². The van der Waals surface area contributed by atoms with Crippen LogP contribution in [0.1, 0.15) is 39.9 Å². The van der Waals surface area contributed by atoms with Gasteiger partial charge in [0.05, 0.1) is 0 Å². The number of ketones is 1. The number of halogens is 1. The van der Waals surface area contributed by atoms with Crippen molar-refractivity contribution in [1.82, 2.24) is 5.32 Å². The number of nitrogens with one attached hydrogen (secondary N) is 1. The molecule has 0 saturated heterocycles. The first-order chi connectivity index (χ1) is 11.0. The zero-order valence-electron chi connectivity index (χ0n) is 13.4. The minimum atomic E-state index is -0.137. The molecule has 0 unspecified atom stereocenters. The molecule has 0 aliphatic rings. The summed E-state index contributed by atoms with van der Waals surface area (Å²) in [5.41, 5.74) is 3.84. The van der Waals surface area contributed by atoms with Gasteiger partial charge >= 0.3 is 0 Å². The Hall–Kier alpha value is -2.13. The van der Waals surface area contributed by atoms with Crippen LogP contribution in [0.2, 0.25) is 5.02 Å². The van der Waals surface area contributed by atoms with Crippen LogP contribution in [0.25, 0.3) is 0 Å². The maximum Gasteiger partial charge on any atom is 0.220 e. The van der Waals surface area contributed by atoms with E-state index in [1.165, 1.54) is 0 Å². The molecule has 0 atom stereocenters. The Morgan fingerprint density at radius 1 is 1.00 bits per heavy atom. The summed E-state index contributed by atoms with van der Waals surface area (Å²) >= 11 is 5.90. The van der Waals surface area contributed by atoms with Crippen molar-refractivity contribution in [2.24, 2.45) is 0 Å². The van der Waals surface area contributed by atoms with Gasteiger partial charge in [0.25, 0.3) is 0 Å². The minimum absolute atomic E-state index is 0.00833. The molecule has 3 nitrogen and oxygen atoms in total. The molecular weight excluding hydrogens is 310 g/mol. The van der Waals surface area contributed by atoms with Crippen molar-refractivity contribution in [2.75, 3.05) is 0 Å². The molecule has 0 fully saturated rings. The minimum Gasteiger partial charge on any atom is -0.352 e. The maximum atomic E-state index is 12.1. The smallest absolute Gasteiger partial charge is 0.220 e. The first kappa shape index (κ1) is 17.2. The van der Waals surface area contributed by atoms with Gasteiger partial charge in [-0.3, -0.25) is 9.59 Å². The standard InChI is InChI=1S/C19H20ClNO2/c1-13-6-7-16(10-14(13)2)18(22)8-9-19(23)21-12-15-4-3-5-17(20)11-15/h3-7,10-11H,8-9,12H2,1-2H3,(H,21,23). The van der Waals surface area contributed by atoms with Crippen molar-refractivity contribution in [3.05, 3.63) is 69.7 Å². The second-order valence-corrected chi connectivity index (χ2v) is 6.07. The Bertz CT molecular complexity index is 725. The van der Waals surface area contributed by atoms with Crippen molar-refractivity contribution in [1.29, 1.82) is 0 Å². The van der Waals surface area contributed by atoms with Crippen LogP contribution in [0.4, 0.5) is 0 Å². The molecule has 0 aliphatic heterocycles. The van der Waals surface area contributed by atoms with Crippen LogP contribution in [-0.4, -0.2) is 11.7 Å². The molecule has 0 bridgehead atoms. The Kier molecular flexibility index (Phi) is 5.94. The predicted molar refractivity (Wildman–Crippen MR) is 92.8 cm³/mol. The molecule has 0 heterocycles. The molecule has 0 aromatic heterocycles. The topological polar surface area (TPSA) is 46.2 Å². The highest BCUT2D eigenvalue weighted by Gasteiger charge is 2.10. The second-order valence-electron chi connectivity index (χ2n) is 5.63. The molecule has 0 radical (unpaired) electrons. The molecular formula is C19H20ClNO2. The van der Waals surface area contributed by atoms with Crippen molar-refractivity contribution < 1.29 is 9.59 Å². The number of hydrogen-bond acceptors (Lipinski definition) is 2. The van der Waals surface area contributed by atoms with Gasteiger partial charge < -0.3 is 5.32 Å². The highest BCUT2D eigenvalue weighted by molar-refractivity contribution is 6.30. The Labute approximate surface area is 141 Å². The van der Waals surface area contributed by atoms with Gasteiger partial charge in [0.15, 0.2) is 5.78 Å². The summed E-state index contributed by atoms with van der Waals surface area (Å²) in [5, 5.41) is 3.44. The molecule has 2 rings (SSSR count). The quantitative estimate of drug-likeness (QED) is 0.806.